The van der Waals surface area contributed by atoms with E-state index in [-0.39, 0.29) is 19.0 Å². The maximum absolute atomic E-state index is 12.1. The molecule has 0 unspecified atom stereocenters. The molecule has 0 spiro atoms. The number of hydrogen-bond acceptors (Lipinski definition) is 4. The summed E-state index contributed by atoms with van der Waals surface area (Å²) in [5.74, 6) is -0.823. The lowest BCUT2D eigenvalue weighted by Crippen LogP contribution is -2.38. The first kappa shape index (κ1) is 19.5. The molecular formula is C21H24O5. The van der Waals surface area contributed by atoms with Gasteiger partial charge in [0.25, 0.3) is 0 Å². The van der Waals surface area contributed by atoms with Crippen molar-refractivity contribution >= 4 is 11.9 Å². The topological polar surface area (TPSA) is 72.8 Å². The monoisotopic (exact) mass is 356 g/mol. The van der Waals surface area contributed by atoms with Crippen LogP contribution in [0.3, 0.4) is 0 Å². The molecule has 26 heavy (non-hydrogen) atoms. The number of carboxylic acids is 1. The van der Waals surface area contributed by atoms with Crippen molar-refractivity contribution < 1.29 is 24.2 Å². The van der Waals surface area contributed by atoms with Crippen LogP contribution in [-0.2, 0) is 27.4 Å². The molecule has 0 amide bonds. The molecule has 2 rings (SSSR count). The quantitative estimate of drug-likeness (QED) is 0.763. The number of aliphatic carboxylic acids is 1. The van der Waals surface area contributed by atoms with Crippen LogP contribution in [0.5, 0.6) is 5.75 Å². The van der Waals surface area contributed by atoms with Crippen molar-refractivity contribution in [1.29, 1.82) is 0 Å². The molecular weight excluding hydrogens is 332 g/mol. The predicted molar refractivity (Wildman–Crippen MR) is 98.2 cm³/mol. The Balaban J connectivity index is 2.04. The minimum atomic E-state index is -1.33. The highest BCUT2D eigenvalue weighted by atomic mass is 16.5. The Kier molecular flexibility index (Phi) is 6.03. The third-order valence-electron chi connectivity index (χ3n) is 3.98. The molecule has 1 N–H and O–H groups in total. The minimum absolute atomic E-state index is 0.150. The zero-order valence-corrected chi connectivity index (χ0v) is 15.5. The SMILES string of the molecule is Cc1cc(CC(=O)OCc2ccccc2)cc(C)c1OC(C)(C)C(=O)O. The van der Waals surface area contributed by atoms with Gasteiger partial charge < -0.3 is 14.6 Å². The van der Waals surface area contributed by atoms with Gasteiger partial charge in [-0.3, -0.25) is 4.79 Å². The Morgan fingerprint density at radius 2 is 1.58 bits per heavy atom. The Morgan fingerprint density at radius 1 is 1.00 bits per heavy atom. The smallest absolute Gasteiger partial charge is 0.347 e. The largest absolute Gasteiger partial charge is 0.478 e. The maximum Gasteiger partial charge on any atom is 0.347 e. The highest BCUT2D eigenvalue weighted by Crippen LogP contribution is 2.29. The highest BCUT2D eigenvalue weighted by Gasteiger charge is 2.30. The van der Waals surface area contributed by atoms with Gasteiger partial charge >= 0.3 is 11.9 Å². The fourth-order valence-electron chi connectivity index (χ4n) is 2.56. The number of ether oxygens (including phenoxy) is 2. The van der Waals surface area contributed by atoms with Gasteiger partial charge in [0, 0.05) is 0 Å². The Hall–Kier alpha value is -2.82. The van der Waals surface area contributed by atoms with Crippen molar-refractivity contribution in [2.45, 2.75) is 46.3 Å². The Morgan fingerprint density at radius 3 is 2.12 bits per heavy atom. The number of carboxylic acid groups (broad SMARTS) is 1. The second-order valence-corrected chi connectivity index (χ2v) is 6.80. The number of aryl methyl sites for hydroxylation is 2. The Labute approximate surface area is 153 Å². The molecule has 0 aliphatic carbocycles. The summed E-state index contributed by atoms with van der Waals surface area (Å²) in [5, 5.41) is 9.22. The van der Waals surface area contributed by atoms with Crippen molar-refractivity contribution in [3.8, 4) is 5.75 Å². The van der Waals surface area contributed by atoms with Gasteiger partial charge in [0.05, 0.1) is 6.42 Å². The lowest BCUT2D eigenvalue weighted by atomic mass is 10.0. The molecule has 2 aromatic rings. The van der Waals surface area contributed by atoms with Crippen LogP contribution in [0.15, 0.2) is 42.5 Å². The molecule has 0 aliphatic rings. The van der Waals surface area contributed by atoms with E-state index in [1.165, 1.54) is 13.8 Å². The average molecular weight is 356 g/mol. The number of esters is 1. The summed E-state index contributed by atoms with van der Waals surface area (Å²) in [6.45, 7) is 6.91. The van der Waals surface area contributed by atoms with E-state index in [4.69, 9.17) is 9.47 Å². The van der Waals surface area contributed by atoms with Gasteiger partial charge in [-0.25, -0.2) is 4.79 Å². The number of rotatable bonds is 7. The number of benzene rings is 2. The van der Waals surface area contributed by atoms with E-state index in [0.717, 1.165) is 22.3 Å². The van der Waals surface area contributed by atoms with Gasteiger partial charge in [-0.05, 0) is 49.9 Å². The lowest BCUT2D eigenvalue weighted by Gasteiger charge is -2.24. The summed E-state index contributed by atoms with van der Waals surface area (Å²) in [6, 6.07) is 13.1. The van der Waals surface area contributed by atoms with Crippen molar-refractivity contribution in [2.24, 2.45) is 0 Å². The lowest BCUT2D eigenvalue weighted by molar-refractivity contribution is -0.152. The first-order chi connectivity index (χ1) is 12.2. The van der Waals surface area contributed by atoms with Gasteiger partial charge in [-0.1, -0.05) is 42.5 Å². The van der Waals surface area contributed by atoms with E-state index < -0.39 is 11.6 Å². The predicted octanol–water partition coefficient (Wildman–Crippen LogP) is 3.83. The van der Waals surface area contributed by atoms with E-state index in [1.54, 1.807) is 0 Å². The van der Waals surface area contributed by atoms with E-state index >= 15 is 0 Å². The normalized spacial score (nSPS) is 11.1. The second kappa shape index (κ2) is 8.04. The highest BCUT2D eigenvalue weighted by molar-refractivity contribution is 5.77. The van der Waals surface area contributed by atoms with Crippen LogP contribution in [-0.4, -0.2) is 22.6 Å². The summed E-state index contributed by atoms with van der Waals surface area (Å²) >= 11 is 0. The molecule has 0 radical (unpaired) electrons. The zero-order valence-electron chi connectivity index (χ0n) is 15.5. The van der Waals surface area contributed by atoms with Crippen LogP contribution in [0.1, 0.15) is 36.1 Å². The van der Waals surface area contributed by atoms with Gasteiger partial charge in [0.2, 0.25) is 0 Å². The molecule has 0 fully saturated rings. The maximum atomic E-state index is 12.1. The Bertz CT molecular complexity index is 770. The zero-order chi connectivity index (χ0) is 19.3. The van der Waals surface area contributed by atoms with Crippen molar-refractivity contribution in [2.75, 3.05) is 0 Å². The number of hydrogen-bond donors (Lipinski definition) is 1. The molecule has 0 saturated carbocycles. The van der Waals surface area contributed by atoms with Gasteiger partial charge in [-0.15, -0.1) is 0 Å². The van der Waals surface area contributed by atoms with Crippen LogP contribution in [0, 0.1) is 13.8 Å². The third kappa shape index (κ3) is 5.09. The number of carbonyl (C=O) groups is 2. The molecule has 5 heteroatoms. The summed E-state index contributed by atoms with van der Waals surface area (Å²) < 4.78 is 11.0. The van der Waals surface area contributed by atoms with Crippen LogP contribution >= 0.6 is 0 Å². The van der Waals surface area contributed by atoms with Crippen LogP contribution in [0.2, 0.25) is 0 Å². The first-order valence-electron chi connectivity index (χ1n) is 8.41. The van der Waals surface area contributed by atoms with E-state index in [9.17, 15) is 14.7 Å². The standard InChI is InChI=1S/C21H24O5/c1-14-10-17(11-15(2)19(14)26-21(3,4)20(23)24)12-18(22)25-13-16-8-6-5-7-9-16/h5-11H,12-13H2,1-4H3,(H,23,24). The van der Waals surface area contributed by atoms with Crippen molar-refractivity contribution in [3.05, 3.63) is 64.7 Å². The molecule has 0 heterocycles. The fraction of sp³-hybridized carbons (Fsp3) is 0.333. The molecule has 0 saturated heterocycles. The van der Waals surface area contributed by atoms with Crippen molar-refractivity contribution in [1.82, 2.24) is 0 Å². The molecule has 0 atom stereocenters. The summed E-state index contributed by atoms with van der Waals surface area (Å²) in [5.41, 5.74) is 1.98. The third-order valence-corrected chi connectivity index (χ3v) is 3.98. The van der Waals surface area contributed by atoms with Crippen LogP contribution in [0.4, 0.5) is 0 Å². The minimum Gasteiger partial charge on any atom is -0.478 e. The van der Waals surface area contributed by atoms with Gasteiger partial charge in [0.15, 0.2) is 5.60 Å². The van der Waals surface area contributed by atoms with E-state index in [1.807, 2.05) is 56.3 Å². The average Bonchev–Trinajstić information content (AvgIpc) is 2.57. The molecule has 138 valence electrons. The summed E-state index contributed by atoms with van der Waals surface area (Å²) in [7, 11) is 0. The van der Waals surface area contributed by atoms with Gasteiger partial charge in [-0.2, -0.15) is 0 Å². The summed E-state index contributed by atoms with van der Waals surface area (Å²) in [6.07, 6.45) is 0.150. The molecule has 0 aliphatic heterocycles. The van der Waals surface area contributed by atoms with Gasteiger partial charge in [0.1, 0.15) is 12.4 Å². The second-order valence-electron chi connectivity index (χ2n) is 6.80. The fourth-order valence-corrected chi connectivity index (χ4v) is 2.56. The molecule has 0 aromatic heterocycles. The van der Waals surface area contributed by atoms with E-state index in [0.29, 0.717) is 5.75 Å². The van der Waals surface area contributed by atoms with Crippen molar-refractivity contribution in [3.63, 3.8) is 0 Å². The summed E-state index contributed by atoms with van der Waals surface area (Å²) in [4.78, 5) is 23.3. The number of carbonyl (C=O) groups excluding carboxylic acids is 1. The molecule has 2 aromatic carbocycles. The molecule has 0 bridgehead atoms. The van der Waals surface area contributed by atoms with Crippen LogP contribution in [0.25, 0.3) is 0 Å². The first-order valence-corrected chi connectivity index (χ1v) is 8.41. The van der Waals surface area contributed by atoms with Crippen LogP contribution < -0.4 is 4.74 Å². The van der Waals surface area contributed by atoms with E-state index in [2.05, 4.69) is 0 Å². The molecule has 5 nitrogen and oxygen atoms in total.